The Bertz CT molecular complexity index is 262. The quantitative estimate of drug-likeness (QED) is 0.431. The van der Waals surface area contributed by atoms with Gasteiger partial charge in [0.15, 0.2) is 0 Å². The van der Waals surface area contributed by atoms with Gasteiger partial charge in [-0.1, -0.05) is 15.6 Å². The molecule has 1 rings (SSSR count). The summed E-state index contributed by atoms with van der Waals surface area (Å²) in [4.78, 5) is 2.18. The fourth-order valence-electron chi connectivity index (χ4n) is 0.560. The van der Waals surface area contributed by atoms with Gasteiger partial charge >= 0.3 is 0 Å². The molecule has 0 saturated carbocycles. The molecule has 0 aliphatic rings. The molecule has 5 heteroatoms. The van der Waals surface area contributed by atoms with E-state index in [-0.39, 0.29) is 0 Å². The summed E-state index contributed by atoms with van der Waals surface area (Å²) >= 11 is 0. The number of hydrogen-bond donors (Lipinski definition) is 2. The highest BCUT2D eigenvalue weighted by Gasteiger charge is 1.92. The number of nitrogens with one attached hydrogen (secondary N) is 1. The van der Waals surface area contributed by atoms with E-state index in [0.717, 1.165) is 0 Å². The zero-order chi connectivity index (χ0) is 7.40. The lowest BCUT2D eigenvalue weighted by molar-refractivity contribution is -0.636. The largest absolute Gasteiger partial charge is 0.267 e. The summed E-state index contributed by atoms with van der Waals surface area (Å²) in [5.74, 6) is 0. The monoisotopic (exact) mass is 159 g/mol. The standard InChI is InChI=1S/C5H7N2O2S/c8-10(9)6-7-4-2-1-3-5-7/h1-5,10H,(H,6,8,9)/q+1. The van der Waals surface area contributed by atoms with E-state index in [4.69, 9.17) is 0 Å². The molecule has 54 valence electrons. The molecule has 0 bridgehead atoms. The first kappa shape index (κ1) is 7.01. The highest BCUT2D eigenvalue weighted by Crippen LogP contribution is 1.73. The number of pyridine rings is 1. The van der Waals surface area contributed by atoms with Gasteiger partial charge in [-0.05, 0) is 0 Å². The zero-order valence-corrected chi connectivity index (χ0v) is 5.99. The molecule has 0 saturated heterocycles. The van der Waals surface area contributed by atoms with Gasteiger partial charge < -0.3 is 0 Å². The van der Waals surface area contributed by atoms with Crippen molar-refractivity contribution in [1.29, 1.82) is 0 Å². The molecule has 0 aliphatic carbocycles. The third kappa shape index (κ3) is 2.02. The fourth-order valence-corrected chi connectivity index (χ4v) is 0.882. The van der Waals surface area contributed by atoms with Crippen molar-refractivity contribution < 1.29 is 13.1 Å². The van der Waals surface area contributed by atoms with Crippen LogP contribution in [0.1, 0.15) is 0 Å². The van der Waals surface area contributed by atoms with Crippen LogP contribution < -0.4 is 9.51 Å². The van der Waals surface area contributed by atoms with E-state index in [1.807, 2.05) is 0 Å². The van der Waals surface area contributed by atoms with Gasteiger partial charge in [-0.15, -0.1) is 0 Å². The van der Waals surface area contributed by atoms with Gasteiger partial charge in [0, 0.05) is 12.1 Å². The Hall–Kier alpha value is -1.10. The lowest BCUT2D eigenvalue weighted by atomic mass is 10.5. The lowest BCUT2D eigenvalue weighted by Crippen LogP contribution is -2.43. The van der Waals surface area contributed by atoms with Gasteiger partial charge in [0.25, 0.3) is 10.9 Å². The second-order valence-electron chi connectivity index (χ2n) is 1.64. The Kier molecular flexibility index (Phi) is 2.22. The Labute approximate surface area is 60.2 Å². The topological polar surface area (TPSA) is 50.1 Å². The van der Waals surface area contributed by atoms with Gasteiger partial charge in [-0.3, -0.25) is 0 Å². The first-order valence-electron chi connectivity index (χ1n) is 2.66. The van der Waals surface area contributed by atoms with E-state index in [9.17, 15) is 8.42 Å². The average molecular weight is 159 g/mol. The molecule has 4 nitrogen and oxygen atoms in total. The molecule has 0 aromatic carbocycles. The molecule has 1 aromatic heterocycles. The Morgan fingerprint density at radius 3 is 2.20 bits per heavy atom. The third-order valence-electron chi connectivity index (χ3n) is 0.913. The highest BCUT2D eigenvalue weighted by atomic mass is 32.2. The van der Waals surface area contributed by atoms with Crippen LogP contribution in [0.4, 0.5) is 0 Å². The zero-order valence-electron chi connectivity index (χ0n) is 5.10. The van der Waals surface area contributed by atoms with Crippen LogP contribution in [0.25, 0.3) is 0 Å². The number of thiol groups is 1. The van der Waals surface area contributed by atoms with Crippen molar-refractivity contribution in [3.05, 3.63) is 30.6 Å². The van der Waals surface area contributed by atoms with Crippen LogP contribution in [-0.2, 0) is 10.9 Å². The first-order valence-corrected chi connectivity index (χ1v) is 3.84. The van der Waals surface area contributed by atoms with Crippen LogP contribution >= 0.6 is 0 Å². The molecule has 0 atom stereocenters. The van der Waals surface area contributed by atoms with E-state index in [1.54, 1.807) is 30.6 Å². The molecule has 0 fully saturated rings. The van der Waals surface area contributed by atoms with Gasteiger partial charge in [-0.2, -0.15) is 0 Å². The summed E-state index contributed by atoms with van der Waals surface area (Å²) in [6, 6.07) is 5.26. The van der Waals surface area contributed by atoms with Crippen molar-refractivity contribution in [2.45, 2.75) is 0 Å². The molecular formula is C5H7N2O2S+. The molecule has 10 heavy (non-hydrogen) atoms. The summed E-state index contributed by atoms with van der Waals surface area (Å²) in [6.07, 6.45) is 3.20. The van der Waals surface area contributed by atoms with Crippen LogP contribution in [-0.4, -0.2) is 8.42 Å². The van der Waals surface area contributed by atoms with Crippen LogP contribution in [0.2, 0.25) is 0 Å². The predicted octanol–water partition coefficient (Wildman–Crippen LogP) is -0.956. The normalized spacial score (nSPS) is 9.70. The van der Waals surface area contributed by atoms with E-state index in [2.05, 4.69) is 4.83 Å². The number of aromatic nitrogens is 1. The maximum atomic E-state index is 10.1. The van der Waals surface area contributed by atoms with Crippen molar-refractivity contribution in [1.82, 2.24) is 0 Å². The van der Waals surface area contributed by atoms with E-state index >= 15 is 0 Å². The molecule has 0 amide bonds. The maximum Gasteiger partial charge on any atom is 0.267 e. The van der Waals surface area contributed by atoms with Crippen LogP contribution in [0.5, 0.6) is 0 Å². The van der Waals surface area contributed by atoms with E-state index in [1.165, 1.54) is 4.68 Å². The third-order valence-corrected chi connectivity index (χ3v) is 1.31. The number of rotatable bonds is 2. The van der Waals surface area contributed by atoms with Gasteiger partial charge in [0.1, 0.15) is 0 Å². The Morgan fingerprint density at radius 2 is 1.70 bits per heavy atom. The molecule has 0 unspecified atom stereocenters. The number of hydrogen-bond acceptors (Lipinski definition) is 2. The molecule has 0 radical (unpaired) electrons. The predicted molar refractivity (Wildman–Crippen MR) is 36.3 cm³/mol. The highest BCUT2D eigenvalue weighted by molar-refractivity contribution is 7.73. The number of nitrogens with zero attached hydrogens (tertiary/aromatic N) is 1. The Balaban J connectivity index is 2.77. The fraction of sp³-hybridized carbons (Fsp3) is 0. The van der Waals surface area contributed by atoms with Crippen molar-refractivity contribution in [2.24, 2.45) is 0 Å². The minimum Gasteiger partial charge on any atom is -0.205 e. The minimum atomic E-state index is -2.56. The summed E-state index contributed by atoms with van der Waals surface area (Å²) < 4.78 is 21.5. The smallest absolute Gasteiger partial charge is 0.205 e. The van der Waals surface area contributed by atoms with E-state index in [0.29, 0.717) is 0 Å². The Morgan fingerprint density at radius 1 is 1.10 bits per heavy atom. The summed E-state index contributed by atoms with van der Waals surface area (Å²) in [7, 11) is -2.56. The van der Waals surface area contributed by atoms with Crippen molar-refractivity contribution >= 4 is 10.9 Å². The van der Waals surface area contributed by atoms with Crippen molar-refractivity contribution in [2.75, 3.05) is 4.83 Å². The molecule has 1 aromatic rings. The molecular weight excluding hydrogens is 152 g/mol. The van der Waals surface area contributed by atoms with Gasteiger partial charge in [0.05, 0.1) is 0 Å². The first-order chi connectivity index (χ1) is 4.79. The van der Waals surface area contributed by atoms with Crippen molar-refractivity contribution in [3.63, 3.8) is 0 Å². The molecule has 0 aliphatic heterocycles. The lowest BCUT2D eigenvalue weighted by Gasteiger charge is -1.86. The van der Waals surface area contributed by atoms with Crippen LogP contribution in [0.15, 0.2) is 30.6 Å². The second-order valence-corrected chi connectivity index (χ2v) is 2.35. The summed E-state index contributed by atoms with van der Waals surface area (Å²) in [6.45, 7) is 0. The van der Waals surface area contributed by atoms with E-state index < -0.39 is 10.9 Å². The minimum absolute atomic E-state index is 1.35. The van der Waals surface area contributed by atoms with Gasteiger partial charge in [-0.25, -0.2) is 8.42 Å². The second kappa shape index (κ2) is 3.17. The molecule has 1 N–H and O–H groups in total. The van der Waals surface area contributed by atoms with Crippen LogP contribution in [0, 0.1) is 0 Å². The SMILES string of the molecule is O=[SH](=O)N[n+]1ccccc1. The van der Waals surface area contributed by atoms with Gasteiger partial charge in [0.2, 0.25) is 12.4 Å². The molecule has 1 heterocycles. The van der Waals surface area contributed by atoms with Crippen molar-refractivity contribution in [3.8, 4) is 0 Å². The van der Waals surface area contributed by atoms with Crippen LogP contribution in [0.3, 0.4) is 0 Å². The average Bonchev–Trinajstić information content (AvgIpc) is 1.88. The summed E-state index contributed by atoms with van der Waals surface area (Å²) in [5.41, 5.74) is 0. The maximum absolute atomic E-state index is 10.1. The molecule has 0 spiro atoms. The summed E-state index contributed by atoms with van der Waals surface area (Å²) in [5, 5.41) is 0.